The van der Waals surface area contributed by atoms with Crippen molar-refractivity contribution in [1.29, 1.82) is 0 Å². The Kier molecular flexibility index (Phi) is 10.4. The molecule has 0 spiro atoms. The molecule has 2 rings (SSSR count). The van der Waals surface area contributed by atoms with E-state index in [0.29, 0.717) is 32.8 Å². The van der Waals surface area contributed by atoms with Gasteiger partial charge in [-0.25, -0.2) is 0 Å². The van der Waals surface area contributed by atoms with Crippen LogP contribution in [0.15, 0.2) is 23.8 Å². The minimum atomic E-state index is -0.508. The van der Waals surface area contributed by atoms with Crippen LogP contribution in [0.3, 0.4) is 0 Å². The molecule has 0 aromatic rings. The number of unbranched alkanes of at least 4 members (excludes halogenated alkanes) is 2. The number of ether oxygens (including phenoxy) is 4. The van der Waals surface area contributed by atoms with Crippen molar-refractivity contribution in [2.75, 3.05) is 26.4 Å². The van der Waals surface area contributed by atoms with Crippen molar-refractivity contribution in [3.63, 3.8) is 0 Å². The third-order valence-electron chi connectivity index (χ3n) is 5.56. The van der Waals surface area contributed by atoms with Gasteiger partial charge in [0.15, 0.2) is 11.6 Å². The van der Waals surface area contributed by atoms with E-state index in [-0.39, 0.29) is 0 Å². The fourth-order valence-corrected chi connectivity index (χ4v) is 3.68. The molecule has 0 aromatic carbocycles. The number of aliphatic hydroxyl groups excluding tert-OH is 1. The summed E-state index contributed by atoms with van der Waals surface area (Å²) in [4.78, 5) is 0. The van der Waals surface area contributed by atoms with Gasteiger partial charge in [-0.05, 0) is 52.0 Å². The molecule has 2 heterocycles. The van der Waals surface area contributed by atoms with Gasteiger partial charge in [-0.15, -0.1) is 11.8 Å². The Morgan fingerprint density at radius 2 is 1.69 bits per heavy atom. The van der Waals surface area contributed by atoms with E-state index in [1.54, 1.807) is 0 Å². The first-order valence-corrected chi connectivity index (χ1v) is 10.9. The fourth-order valence-electron chi connectivity index (χ4n) is 3.68. The van der Waals surface area contributed by atoms with Crippen LogP contribution in [0.4, 0.5) is 0 Å². The maximum atomic E-state index is 10.2. The first-order valence-electron chi connectivity index (χ1n) is 10.9. The molecule has 2 aliphatic rings. The van der Waals surface area contributed by atoms with Gasteiger partial charge in [0.05, 0.1) is 32.5 Å². The summed E-state index contributed by atoms with van der Waals surface area (Å²) in [6.07, 6.45) is 12.6. The SMILES string of the molecule is CC#CCC/C=C(\C)C(O)C/C=C/CCCC1(CCC2(C)OCCO2)OCCO1. The Hall–Kier alpha value is -1.16. The van der Waals surface area contributed by atoms with Gasteiger partial charge in [-0.2, -0.15) is 0 Å². The predicted molar refractivity (Wildman–Crippen MR) is 114 cm³/mol. The first-order chi connectivity index (χ1) is 14.0. The number of rotatable bonds is 12. The lowest BCUT2D eigenvalue weighted by atomic mass is 9.99. The third-order valence-corrected chi connectivity index (χ3v) is 5.56. The van der Waals surface area contributed by atoms with Gasteiger partial charge in [0.25, 0.3) is 0 Å². The standard InChI is InChI=1S/C24H38O5/c1-4-5-6-9-12-21(2)22(25)13-10-7-8-11-14-24(28-19-20-29-24)16-15-23(3)26-17-18-27-23/h7,10,12,22,25H,6,8-9,11,13-20H2,1-3H3/b10-7+,21-12+. The molecule has 5 heteroatoms. The normalized spacial score (nSPS) is 22.0. The van der Waals surface area contributed by atoms with E-state index in [2.05, 4.69) is 30.1 Å². The maximum absolute atomic E-state index is 10.2. The van der Waals surface area contributed by atoms with Gasteiger partial charge >= 0.3 is 0 Å². The summed E-state index contributed by atoms with van der Waals surface area (Å²) in [5.41, 5.74) is 1.02. The molecular weight excluding hydrogens is 368 g/mol. The molecule has 0 aliphatic carbocycles. The molecule has 2 fully saturated rings. The summed E-state index contributed by atoms with van der Waals surface area (Å²) in [5, 5.41) is 10.2. The summed E-state index contributed by atoms with van der Waals surface area (Å²) in [7, 11) is 0. The van der Waals surface area contributed by atoms with Gasteiger partial charge in [-0.3, -0.25) is 0 Å². The zero-order valence-corrected chi connectivity index (χ0v) is 18.4. The van der Waals surface area contributed by atoms with Crippen molar-refractivity contribution < 1.29 is 24.1 Å². The summed E-state index contributed by atoms with van der Waals surface area (Å²) in [6, 6.07) is 0. The summed E-state index contributed by atoms with van der Waals surface area (Å²) in [5.74, 6) is 4.91. The number of aliphatic hydroxyl groups is 1. The van der Waals surface area contributed by atoms with Crippen LogP contribution in [0.1, 0.15) is 72.1 Å². The monoisotopic (exact) mass is 406 g/mol. The van der Waals surface area contributed by atoms with Crippen LogP contribution in [0.2, 0.25) is 0 Å². The van der Waals surface area contributed by atoms with Crippen molar-refractivity contribution in [1.82, 2.24) is 0 Å². The van der Waals surface area contributed by atoms with Gasteiger partial charge in [0.2, 0.25) is 0 Å². The van der Waals surface area contributed by atoms with Crippen molar-refractivity contribution in [3.05, 3.63) is 23.8 Å². The largest absolute Gasteiger partial charge is 0.388 e. The number of allylic oxidation sites excluding steroid dienone is 2. The van der Waals surface area contributed by atoms with Crippen molar-refractivity contribution in [2.45, 2.75) is 89.8 Å². The zero-order valence-electron chi connectivity index (χ0n) is 18.4. The Balaban J connectivity index is 1.66. The highest BCUT2D eigenvalue weighted by Gasteiger charge is 2.40. The van der Waals surface area contributed by atoms with E-state index in [1.807, 2.05) is 20.8 Å². The second kappa shape index (κ2) is 12.5. The maximum Gasteiger partial charge on any atom is 0.168 e. The fraction of sp³-hybridized carbons (Fsp3) is 0.750. The topological polar surface area (TPSA) is 57.2 Å². The van der Waals surface area contributed by atoms with E-state index in [4.69, 9.17) is 18.9 Å². The van der Waals surface area contributed by atoms with Crippen molar-refractivity contribution >= 4 is 0 Å². The van der Waals surface area contributed by atoms with Crippen LogP contribution in [0.25, 0.3) is 0 Å². The second-order valence-corrected chi connectivity index (χ2v) is 7.97. The van der Waals surface area contributed by atoms with Crippen LogP contribution in [0, 0.1) is 11.8 Å². The number of hydrogen-bond acceptors (Lipinski definition) is 5. The zero-order chi connectivity index (χ0) is 21.0. The highest BCUT2D eigenvalue weighted by Crippen LogP contribution is 2.35. The summed E-state index contributed by atoms with van der Waals surface area (Å²) < 4.78 is 23.3. The minimum Gasteiger partial charge on any atom is -0.388 e. The van der Waals surface area contributed by atoms with E-state index in [9.17, 15) is 5.11 Å². The molecule has 0 radical (unpaired) electrons. The van der Waals surface area contributed by atoms with E-state index in [0.717, 1.165) is 50.5 Å². The van der Waals surface area contributed by atoms with Gasteiger partial charge in [0.1, 0.15) is 0 Å². The Morgan fingerprint density at radius 1 is 1.00 bits per heavy atom. The molecular formula is C24H38O5. The number of hydrogen-bond donors (Lipinski definition) is 1. The molecule has 0 bridgehead atoms. The van der Waals surface area contributed by atoms with E-state index >= 15 is 0 Å². The molecule has 1 unspecified atom stereocenters. The van der Waals surface area contributed by atoms with Gasteiger partial charge in [0, 0.05) is 25.7 Å². The molecule has 2 saturated heterocycles. The lowest BCUT2D eigenvalue weighted by Gasteiger charge is -2.31. The van der Waals surface area contributed by atoms with Crippen LogP contribution in [-0.2, 0) is 18.9 Å². The lowest BCUT2D eigenvalue weighted by molar-refractivity contribution is -0.200. The molecule has 2 aliphatic heterocycles. The quantitative estimate of drug-likeness (QED) is 0.294. The molecule has 0 saturated carbocycles. The third kappa shape index (κ3) is 8.62. The molecule has 29 heavy (non-hydrogen) atoms. The lowest BCUT2D eigenvalue weighted by Crippen LogP contribution is -2.35. The Labute approximate surface area is 176 Å². The summed E-state index contributed by atoms with van der Waals surface area (Å²) >= 11 is 0. The van der Waals surface area contributed by atoms with Crippen molar-refractivity contribution in [2.24, 2.45) is 0 Å². The van der Waals surface area contributed by atoms with Crippen molar-refractivity contribution in [3.8, 4) is 11.8 Å². The Morgan fingerprint density at radius 3 is 2.38 bits per heavy atom. The molecule has 0 amide bonds. The molecule has 5 nitrogen and oxygen atoms in total. The second-order valence-electron chi connectivity index (χ2n) is 7.97. The first kappa shape index (κ1) is 24.1. The molecule has 0 aromatic heterocycles. The van der Waals surface area contributed by atoms with Gasteiger partial charge in [-0.1, -0.05) is 18.2 Å². The predicted octanol–water partition coefficient (Wildman–Crippen LogP) is 4.50. The minimum absolute atomic E-state index is 0.416. The van der Waals surface area contributed by atoms with Crippen LogP contribution < -0.4 is 0 Å². The van der Waals surface area contributed by atoms with Gasteiger partial charge < -0.3 is 24.1 Å². The van der Waals surface area contributed by atoms with Crippen LogP contribution in [0.5, 0.6) is 0 Å². The average Bonchev–Trinajstić information content (AvgIpc) is 3.36. The highest BCUT2D eigenvalue weighted by molar-refractivity contribution is 5.08. The van der Waals surface area contributed by atoms with E-state index in [1.165, 1.54) is 0 Å². The summed E-state index contributed by atoms with van der Waals surface area (Å²) in [6.45, 7) is 8.43. The van der Waals surface area contributed by atoms with Crippen LogP contribution >= 0.6 is 0 Å². The molecule has 1 N–H and O–H groups in total. The van der Waals surface area contributed by atoms with Crippen LogP contribution in [-0.4, -0.2) is 49.2 Å². The molecule has 164 valence electrons. The smallest absolute Gasteiger partial charge is 0.168 e. The van der Waals surface area contributed by atoms with E-state index < -0.39 is 17.7 Å². The highest BCUT2D eigenvalue weighted by atomic mass is 16.7. The molecule has 1 atom stereocenters. The Bertz CT molecular complexity index is 586. The average molecular weight is 407 g/mol.